The Bertz CT molecular complexity index is 283. The molecule has 0 spiro atoms. The predicted molar refractivity (Wildman–Crippen MR) is 51.2 cm³/mol. The van der Waals surface area contributed by atoms with E-state index >= 15 is 0 Å². The average molecular weight is 205 g/mol. The Morgan fingerprint density at radius 1 is 1.69 bits per heavy atom. The van der Waals surface area contributed by atoms with Crippen molar-refractivity contribution in [1.29, 1.82) is 0 Å². The maximum Gasteiger partial charge on any atom is 0.325 e. The van der Waals surface area contributed by atoms with Crippen LogP contribution in [0.1, 0.15) is 25.5 Å². The Morgan fingerprint density at radius 2 is 2.31 bits per heavy atom. The van der Waals surface area contributed by atoms with Crippen LogP contribution in [0.3, 0.4) is 0 Å². The zero-order valence-corrected chi connectivity index (χ0v) is 8.41. The van der Waals surface area contributed by atoms with E-state index in [2.05, 4.69) is 5.10 Å². The Kier molecular flexibility index (Phi) is 4.48. The van der Waals surface area contributed by atoms with Gasteiger partial charge in [-0.15, -0.1) is 12.4 Å². The number of carboxylic acid groups (broad SMARTS) is 1. The van der Waals surface area contributed by atoms with Gasteiger partial charge in [-0.3, -0.25) is 9.48 Å². The minimum Gasteiger partial charge on any atom is -0.480 e. The number of carboxylic acids is 1. The van der Waals surface area contributed by atoms with Gasteiger partial charge < -0.3 is 5.11 Å². The molecule has 1 aromatic heterocycles. The van der Waals surface area contributed by atoms with E-state index in [4.69, 9.17) is 5.11 Å². The third-order valence-electron chi connectivity index (χ3n) is 1.55. The van der Waals surface area contributed by atoms with Gasteiger partial charge in [-0.2, -0.15) is 5.10 Å². The molecular formula is C8H13ClN2O2. The molecular weight excluding hydrogens is 192 g/mol. The highest BCUT2D eigenvalue weighted by Gasteiger charge is 2.04. The molecule has 0 saturated carbocycles. The first-order valence-electron chi connectivity index (χ1n) is 3.84. The summed E-state index contributed by atoms with van der Waals surface area (Å²) in [5.74, 6) is -0.520. The minimum atomic E-state index is -0.867. The second-order valence-electron chi connectivity index (χ2n) is 2.99. The van der Waals surface area contributed by atoms with Crippen molar-refractivity contribution in [2.24, 2.45) is 0 Å². The van der Waals surface area contributed by atoms with Crippen LogP contribution in [-0.2, 0) is 11.3 Å². The lowest BCUT2D eigenvalue weighted by molar-refractivity contribution is -0.137. The topological polar surface area (TPSA) is 55.1 Å². The van der Waals surface area contributed by atoms with E-state index in [9.17, 15) is 4.79 Å². The van der Waals surface area contributed by atoms with Crippen molar-refractivity contribution >= 4 is 18.4 Å². The first-order chi connectivity index (χ1) is 5.59. The van der Waals surface area contributed by atoms with Gasteiger partial charge in [0.15, 0.2) is 0 Å². The fourth-order valence-electron chi connectivity index (χ4n) is 0.912. The van der Waals surface area contributed by atoms with Crippen LogP contribution in [-0.4, -0.2) is 20.9 Å². The third kappa shape index (κ3) is 3.46. The Balaban J connectivity index is 0.00000144. The van der Waals surface area contributed by atoms with E-state index in [1.54, 1.807) is 6.20 Å². The van der Waals surface area contributed by atoms with Gasteiger partial charge in [0.25, 0.3) is 0 Å². The highest BCUT2D eigenvalue weighted by Crippen LogP contribution is 2.09. The van der Waals surface area contributed by atoms with Crippen LogP contribution in [0.2, 0.25) is 0 Å². The maximum absolute atomic E-state index is 10.3. The summed E-state index contributed by atoms with van der Waals surface area (Å²) >= 11 is 0. The number of hydrogen-bond donors (Lipinski definition) is 1. The fourth-order valence-corrected chi connectivity index (χ4v) is 0.912. The summed E-state index contributed by atoms with van der Waals surface area (Å²) in [4.78, 5) is 10.3. The molecule has 0 aliphatic carbocycles. The number of hydrogen-bond acceptors (Lipinski definition) is 2. The van der Waals surface area contributed by atoms with Gasteiger partial charge in [0, 0.05) is 6.20 Å². The van der Waals surface area contributed by atoms with Gasteiger partial charge in [-0.25, -0.2) is 0 Å². The summed E-state index contributed by atoms with van der Waals surface area (Å²) < 4.78 is 1.43. The van der Waals surface area contributed by atoms with Crippen molar-refractivity contribution < 1.29 is 9.90 Å². The van der Waals surface area contributed by atoms with Gasteiger partial charge in [0.05, 0.1) is 5.69 Å². The number of carbonyl (C=O) groups is 1. The lowest BCUT2D eigenvalue weighted by Gasteiger charge is -1.98. The van der Waals surface area contributed by atoms with Crippen molar-refractivity contribution in [3.63, 3.8) is 0 Å². The molecule has 0 aliphatic rings. The van der Waals surface area contributed by atoms with Crippen molar-refractivity contribution in [3.8, 4) is 0 Å². The number of rotatable bonds is 3. The third-order valence-corrected chi connectivity index (χ3v) is 1.55. The zero-order chi connectivity index (χ0) is 9.14. The lowest BCUT2D eigenvalue weighted by Crippen LogP contribution is -2.09. The second-order valence-corrected chi connectivity index (χ2v) is 2.99. The van der Waals surface area contributed by atoms with Crippen molar-refractivity contribution in [3.05, 3.63) is 18.0 Å². The lowest BCUT2D eigenvalue weighted by atomic mass is 10.1. The number of aliphatic carboxylic acids is 1. The van der Waals surface area contributed by atoms with E-state index in [1.165, 1.54) is 4.68 Å². The molecule has 0 aliphatic heterocycles. The maximum atomic E-state index is 10.3. The summed E-state index contributed by atoms with van der Waals surface area (Å²) in [6.07, 6.45) is 1.68. The highest BCUT2D eigenvalue weighted by atomic mass is 35.5. The van der Waals surface area contributed by atoms with Crippen LogP contribution in [0.25, 0.3) is 0 Å². The first kappa shape index (κ1) is 12.0. The van der Waals surface area contributed by atoms with E-state index in [0.717, 1.165) is 5.69 Å². The van der Waals surface area contributed by atoms with Crippen molar-refractivity contribution in [2.45, 2.75) is 26.3 Å². The molecule has 0 radical (unpaired) electrons. The summed E-state index contributed by atoms with van der Waals surface area (Å²) in [6, 6.07) is 1.84. The van der Waals surface area contributed by atoms with E-state index < -0.39 is 5.97 Å². The molecule has 0 amide bonds. The first-order valence-corrected chi connectivity index (χ1v) is 3.84. The number of nitrogens with zero attached hydrogens (tertiary/aromatic N) is 2. The van der Waals surface area contributed by atoms with Gasteiger partial charge in [0.2, 0.25) is 0 Å². The molecule has 1 aromatic rings. The summed E-state index contributed by atoms with van der Waals surface area (Å²) in [6.45, 7) is 3.98. The predicted octanol–water partition coefficient (Wildman–Crippen LogP) is 1.51. The molecule has 1 heterocycles. The highest BCUT2D eigenvalue weighted by molar-refractivity contribution is 5.85. The summed E-state index contributed by atoms with van der Waals surface area (Å²) in [7, 11) is 0. The van der Waals surface area contributed by atoms with E-state index in [0.29, 0.717) is 5.92 Å². The van der Waals surface area contributed by atoms with E-state index in [-0.39, 0.29) is 19.0 Å². The molecule has 0 bridgehead atoms. The van der Waals surface area contributed by atoms with Gasteiger partial charge in [-0.1, -0.05) is 13.8 Å². The van der Waals surface area contributed by atoms with Crippen molar-refractivity contribution in [2.75, 3.05) is 0 Å². The summed E-state index contributed by atoms with van der Waals surface area (Å²) in [5.41, 5.74) is 0.927. The van der Waals surface area contributed by atoms with Crippen molar-refractivity contribution in [1.82, 2.24) is 9.78 Å². The van der Waals surface area contributed by atoms with Crippen LogP contribution >= 0.6 is 12.4 Å². The minimum absolute atomic E-state index is 0. The molecule has 0 saturated heterocycles. The van der Waals surface area contributed by atoms with Crippen LogP contribution in [0.4, 0.5) is 0 Å². The fraction of sp³-hybridized carbons (Fsp3) is 0.500. The van der Waals surface area contributed by atoms with Gasteiger partial charge >= 0.3 is 5.97 Å². The molecule has 13 heavy (non-hydrogen) atoms. The monoisotopic (exact) mass is 204 g/mol. The Labute approximate surface area is 83.0 Å². The number of halogens is 1. The molecule has 74 valence electrons. The smallest absolute Gasteiger partial charge is 0.325 e. The largest absolute Gasteiger partial charge is 0.480 e. The standard InChI is InChI=1S/C8H12N2O2.ClH/c1-6(2)7-3-4-10(9-7)5-8(11)12;/h3-4,6H,5H2,1-2H3,(H,11,12);1H. The molecule has 0 atom stereocenters. The quantitative estimate of drug-likeness (QED) is 0.812. The molecule has 1 rings (SSSR count). The molecule has 4 nitrogen and oxygen atoms in total. The molecule has 5 heteroatoms. The van der Waals surface area contributed by atoms with Crippen LogP contribution in [0.15, 0.2) is 12.3 Å². The van der Waals surface area contributed by atoms with Gasteiger partial charge in [0.1, 0.15) is 6.54 Å². The van der Waals surface area contributed by atoms with Crippen LogP contribution < -0.4 is 0 Å². The summed E-state index contributed by atoms with van der Waals surface area (Å²) in [5, 5.41) is 12.5. The number of aromatic nitrogens is 2. The Morgan fingerprint density at radius 3 is 2.69 bits per heavy atom. The van der Waals surface area contributed by atoms with Crippen LogP contribution in [0.5, 0.6) is 0 Å². The Hall–Kier alpha value is -1.03. The van der Waals surface area contributed by atoms with Crippen LogP contribution in [0, 0.1) is 0 Å². The second kappa shape index (κ2) is 4.87. The van der Waals surface area contributed by atoms with Gasteiger partial charge in [-0.05, 0) is 12.0 Å². The molecule has 0 fully saturated rings. The SMILES string of the molecule is CC(C)c1ccn(CC(=O)O)n1.Cl. The molecule has 1 N–H and O–H groups in total. The zero-order valence-electron chi connectivity index (χ0n) is 7.60. The average Bonchev–Trinajstić information content (AvgIpc) is 2.34. The molecule has 0 aromatic carbocycles. The van der Waals surface area contributed by atoms with E-state index in [1.807, 2.05) is 19.9 Å². The normalized spacial score (nSPS) is 9.77. The molecule has 0 unspecified atom stereocenters.